The molecule has 20 heavy (non-hydrogen) atoms. The Morgan fingerprint density at radius 1 is 1.15 bits per heavy atom. The summed E-state index contributed by atoms with van der Waals surface area (Å²) in [6.07, 6.45) is 3.65. The van der Waals surface area contributed by atoms with Crippen LogP contribution in [0.1, 0.15) is 18.1 Å². The highest BCUT2D eigenvalue weighted by Gasteiger charge is 2.03. The number of benzene rings is 2. The van der Waals surface area contributed by atoms with E-state index in [2.05, 4.69) is 5.32 Å². The van der Waals surface area contributed by atoms with Crippen molar-refractivity contribution < 1.29 is 9.18 Å². The van der Waals surface area contributed by atoms with Gasteiger partial charge in [0.25, 0.3) is 0 Å². The van der Waals surface area contributed by atoms with Crippen LogP contribution in [-0.2, 0) is 11.2 Å². The number of aryl methyl sites for hydroxylation is 1. The number of carbonyl (C=O) groups excluding carboxylic acids is 1. The van der Waals surface area contributed by atoms with Crippen LogP contribution in [0, 0.1) is 5.82 Å². The summed E-state index contributed by atoms with van der Waals surface area (Å²) in [7, 11) is 0. The van der Waals surface area contributed by atoms with Gasteiger partial charge in [-0.3, -0.25) is 4.79 Å². The van der Waals surface area contributed by atoms with Crippen molar-refractivity contribution in [1.29, 1.82) is 0 Å². The second-order valence-electron chi connectivity index (χ2n) is 4.35. The number of hydrogen-bond acceptors (Lipinski definition) is 1. The van der Waals surface area contributed by atoms with E-state index < -0.39 is 0 Å². The third-order valence-corrected chi connectivity index (χ3v) is 2.98. The standard InChI is InChI=1S/C17H16FNO/c1-2-13-7-4-6-10-16(13)19-17(20)12-11-14-8-3-5-9-15(14)18/h3-12H,2H2,1H3,(H,19,20)/b12-11+. The van der Waals surface area contributed by atoms with Gasteiger partial charge in [0.2, 0.25) is 5.91 Å². The van der Waals surface area contributed by atoms with E-state index in [9.17, 15) is 9.18 Å². The molecule has 0 aliphatic carbocycles. The van der Waals surface area contributed by atoms with E-state index >= 15 is 0 Å². The minimum absolute atomic E-state index is 0.269. The van der Waals surface area contributed by atoms with Crippen molar-refractivity contribution >= 4 is 17.7 Å². The fraction of sp³-hybridized carbons (Fsp3) is 0.118. The zero-order valence-electron chi connectivity index (χ0n) is 11.3. The minimum Gasteiger partial charge on any atom is -0.322 e. The number of anilines is 1. The molecule has 2 aromatic carbocycles. The maximum atomic E-state index is 13.4. The monoisotopic (exact) mass is 269 g/mol. The molecule has 0 atom stereocenters. The lowest BCUT2D eigenvalue weighted by Crippen LogP contribution is -2.09. The Labute approximate surface area is 118 Å². The fourth-order valence-corrected chi connectivity index (χ4v) is 1.90. The van der Waals surface area contributed by atoms with Crippen LogP contribution >= 0.6 is 0 Å². The van der Waals surface area contributed by atoms with Gasteiger partial charge in [-0.15, -0.1) is 0 Å². The molecule has 102 valence electrons. The van der Waals surface area contributed by atoms with E-state index in [4.69, 9.17) is 0 Å². The summed E-state index contributed by atoms with van der Waals surface area (Å²) in [5.74, 6) is -0.611. The number of hydrogen-bond donors (Lipinski definition) is 1. The molecule has 1 amide bonds. The average molecular weight is 269 g/mol. The highest BCUT2D eigenvalue weighted by Crippen LogP contribution is 2.15. The van der Waals surface area contributed by atoms with Crippen molar-refractivity contribution in [3.05, 3.63) is 71.6 Å². The molecular weight excluding hydrogens is 253 g/mol. The van der Waals surface area contributed by atoms with Crippen LogP contribution in [0.5, 0.6) is 0 Å². The molecule has 0 spiro atoms. The highest BCUT2D eigenvalue weighted by molar-refractivity contribution is 6.02. The van der Waals surface area contributed by atoms with E-state index in [0.29, 0.717) is 5.56 Å². The summed E-state index contributed by atoms with van der Waals surface area (Å²) in [6.45, 7) is 2.03. The second-order valence-corrected chi connectivity index (χ2v) is 4.35. The molecule has 3 heteroatoms. The third kappa shape index (κ3) is 3.54. The number of amides is 1. The largest absolute Gasteiger partial charge is 0.322 e. The molecule has 0 aromatic heterocycles. The van der Waals surface area contributed by atoms with Crippen molar-refractivity contribution in [2.24, 2.45) is 0 Å². The zero-order chi connectivity index (χ0) is 14.4. The Hall–Kier alpha value is -2.42. The summed E-state index contributed by atoms with van der Waals surface area (Å²) in [6, 6.07) is 14.0. The molecule has 0 saturated carbocycles. The second kappa shape index (κ2) is 6.66. The van der Waals surface area contributed by atoms with Crippen molar-refractivity contribution in [3.8, 4) is 0 Å². The molecule has 2 aromatic rings. The Morgan fingerprint density at radius 3 is 2.60 bits per heavy atom. The van der Waals surface area contributed by atoms with Crippen molar-refractivity contribution in [3.63, 3.8) is 0 Å². The normalized spacial score (nSPS) is 10.7. The van der Waals surface area contributed by atoms with Crippen LogP contribution in [0.2, 0.25) is 0 Å². The van der Waals surface area contributed by atoms with Crippen molar-refractivity contribution in [2.45, 2.75) is 13.3 Å². The van der Waals surface area contributed by atoms with Crippen LogP contribution in [0.25, 0.3) is 6.08 Å². The van der Waals surface area contributed by atoms with Crippen LogP contribution in [0.3, 0.4) is 0 Å². The third-order valence-electron chi connectivity index (χ3n) is 2.98. The van der Waals surface area contributed by atoms with E-state index in [1.807, 2.05) is 31.2 Å². The maximum Gasteiger partial charge on any atom is 0.248 e. The van der Waals surface area contributed by atoms with Gasteiger partial charge in [-0.1, -0.05) is 43.3 Å². The Bertz CT molecular complexity index is 634. The van der Waals surface area contributed by atoms with Crippen LogP contribution < -0.4 is 5.32 Å². The van der Waals surface area contributed by atoms with Gasteiger partial charge < -0.3 is 5.32 Å². The molecular formula is C17H16FNO. The average Bonchev–Trinajstić information content (AvgIpc) is 2.47. The molecule has 2 nitrogen and oxygen atoms in total. The maximum absolute atomic E-state index is 13.4. The first-order valence-corrected chi connectivity index (χ1v) is 6.52. The summed E-state index contributed by atoms with van der Waals surface area (Å²) >= 11 is 0. The smallest absolute Gasteiger partial charge is 0.248 e. The topological polar surface area (TPSA) is 29.1 Å². The molecule has 0 unspecified atom stereocenters. The zero-order valence-corrected chi connectivity index (χ0v) is 11.3. The lowest BCUT2D eigenvalue weighted by atomic mass is 10.1. The lowest BCUT2D eigenvalue weighted by Gasteiger charge is -2.07. The van der Waals surface area contributed by atoms with Gasteiger partial charge in [0, 0.05) is 17.3 Å². The molecule has 0 heterocycles. The van der Waals surface area contributed by atoms with Gasteiger partial charge in [0.15, 0.2) is 0 Å². The Balaban J connectivity index is 2.08. The first-order chi connectivity index (χ1) is 9.70. The van der Waals surface area contributed by atoms with Crippen molar-refractivity contribution in [2.75, 3.05) is 5.32 Å². The molecule has 0 bridgehead atoms. The SMILES string of the molecule is CCc1ccccc1NC(=O)/C=C/c1ccccc1F. The van der Waals surface area contributed by atoms with E-state index in [1.165, 1.54) is 18.2 Å². The van der Waals surface area contributed by atoms with Gasteiger partial charge in [-0.2, -0.15) is 0 Å². The predicted octanol–water partition coefficient (Wildman–Crippen LogP) is 4.04. The van der Waals surface area contributed by atoms with Crippen molar-refractivity contribution in [1.82, 2.24) is 0 Å². The molecule has 0 fully saturated rings. The van der Waals surface area contributed by atoms with Gasteiger partial charge in [-0.05, 0) is 30.2 Å². The number of halogens is 1. The lowest BCUT2D eigenvalue weighted by molar-refractivity contribution is -0.111. The minimum atomic E-state index is -0.342. The molecule has 0 radical (unpaired) electrons. The van der Waals surface area contributed by atoms with Crippen LogP contribution in [-0.4, -0.2) is 5.91 Å². The van der Waals surface area contributed by atoms with Gasteiger partial charge in [0.05, 0.1) is 0 Å². The fourth-order valence-electron chi connectivity index (χ4n) is 1.90. The summed E-state index contributed by atoms with van der Waals surface area (Å²) < 4.78 is 13.4. The van der Waals surface area contributed by atoms with Crippen LogP contribution in [0.4, 0.5) is 10.1 Å². The summed E-state index contributed by atoms with van der Waals surface area (Å²) in [4.78, 5) is 11.8. The number of para-hydroxylation sites is 1. The van der Waals surface area contributed by atoms with Gasteiger partial charge >= 0.3 is 0 Å². The predicted molar refractivity (Wildman–Crippen MR) is 79.9 cm³/mol. The first-order valence-electron chi connectivity index (χ1n) is 6.52. The number of carbonyl (C=O) groups is 1. The Kier molecular flexibility index (Phi) is 4.66. The number of rotatable bonds is 4. The first kappa shape index (κ1) is 14.0. The van der Waals surface area contributed by atoms with E-state index in [0.717, 1.165) is 17.7 Å². The molecule has 0 aliphatic rings. The van der Waals surface area contributed by atoms with Crippen LogP contribution in [0.15, 0.2) is 54.6 Å². The molecule has 1 N–H and O–H groups in total. The quantitative estimate of drug-likeness (QED) is 0.834. The Morgan fingerprint density at radius 2 is 1.85 bits per heavy atom. The molecule has 2 rings (SSSR count). The summed E-state index contributed by atoms with van der Waals surface area (Å²) in [5.41, 5.74) is 2.25. The molecule has 0 saturated heterocycles. The molecule has 0 aliphatic heterocycles. The van der Waals surface area contributed by atoms with Gasteiger partial charge in [-0.25, -0.2) is 4.39 Å². The number of nitrogens with one attached hydrogen (secondary N) is 1. The summed E-state index contributed by atoms with van der Waals surface area (Å²) in [5, 5.41) is 2.80. The van der Waals surface area contributed by atoms with Gasteiger partial charge in [0.1, 0.15) is 5.82 Å². The van der Waals surface area contributed by atoms with E-state index in [1.54, 1.807) is 18.2 Å². The van der Waals surface area contributed by atoms with E-state index in [-0.39, 0.29) is 11.7 Å². The highest BCUT2D eigenvalue weighted by atomic mass is 19.1.